The smallest absolute Gasteiger partial charge is 0.262 e. The zero-order chi connectivity index (χ0) is 13.4. The van der Waals surface area contributed by atoms with Crippen LogP contribution in [-0.2, 0) is 4.79 Å². The second-order valence-electron chi connectivity index (χ2n) is 3.79. The Balaban J connectivity index is 2.51. The molecule has 0 bridgehead atoms. The van der Waals surface area contributed by atoms with Crippen LogP contribution in [-0.4, -0.2) is 23.7 Å². The van der Waals surface area contributed by atoms with Crippen LogP contribution < -0.4 is 5.32 Å². The van der Waals surface area contributed by atoms with Gasteiger partial charge in [0.15, 0.2) is 0 Å². The van der Waals surface area contributed by atoms with Crippen LogP contribution in [0.5, 0.6) is 0 Å². The van der Waals surface area contributed by atoms with Gasteiger partial charge in [0, 0.05) is 12.6 Å². The summed E-state index contributed by atoms with van der Waals surface area (Å²) in [6.07, 6.45) is 3.54. The van der Waals surface area contributed by atoms with Gasteiger partial charge < -0.3 is 14.8 Å². The Bertz CT molecular complexity index is 443. The molecule has 18 heavy (non-hydrogen) atoms. The monoisotopic (exact) mass is 248 g/mol. The molecule has 0 fully saturated rings. The van der Waals surface area contributed by atoms with E-state index in [9.17, 15) is 9.90 Å². The van der Waals surface area contributed by atoms with E-state index in [1.807, 2.05) is 13.0 Å². The molecule has 1 amide bonds. The Morgan fingerprint density at radius 1 is 1.72 bits per heavy atom. The number of carbonyl (C=O) groups is 1. The maximum absolute atomic E-state index is 11.6. The van der Waals surface area contributed by atoms with Gasteiger partial charge in [0.2, 0.25) is 0 Å². The van der Waals surface area contributed by atoms with Gasteiger partial charge in [0.1, 0.15) is 17.4 Å². The number of aliphatic hydroxyl groups is 1. The first-order chi connectivity index (χ1) is 8.67. The minimum Gasteiger partial charge on any atom is -0.465 e. The summed E-state index contributed by atoms with van der Waals surface area (Å²) in [6, 6.07) is 5.15. The Morgan fingerprint density at radius 3 is 3.06 bits per heavy atom. The molecule has 0 radical (unpaired) electrons. The Kier molecular flexibility index (Phi) is 5.68. The van der Waals surface area contributed by atoms with E-state index in [1.165, 1.54) is 12.3 Å². The van der Waals surface area contributed by atoms with Crippen LogP contribution in [0.25, 0.3) is 6.08 Å². The molecule has 0 aliphatic carbocycles. The van der Waals surface area contributed by atoms with Crippen LogP contribution in [0.4, 0.5) is 0 Å². The summed E-state index contributed by atoms with van der Waals surface area (Å²) in [5, 5.41) is 20.8. The highest BCUT2D eigenvalue weighted by Gasteiger charge is 2.10. The second kappa shape index (κ2) is 7.30. The van der Waals surface area contributed by atoms with Crippen LogP contribution in [0.15, 0.2) is 28.4 Å². The number of carbonyl (C=O) groups excluding carboxylic acids is 1. The van der Waals surface area contributed by atoms with Gasteiger partial charge in [-0.25, -0.2) is 0 Å². The van der Waals surface area contributed by atoms with E-state index < -0.39 is 12.0 Å². The zero-order valence-corrected chi connectivity index (χ0v) is 10.2. The summed E-state index contributed by atoms with van der Waals surface area (Å²) in [6.45, 7) is 2.20. The third kappa shape index (κ3) is 4.44. The van der Waals surface area contributed by atoms with Gasteiger partial charge in [-0.2, -0.15) is 5.26 Å². The van der Waals surface area contributed by atoms with Crippen molar-refractivity contribution in [1.29, 1.82) is 5.26 Å². The van der Waals surface area contributed by atoms with Crippen molar-refractivity contribution in [3.05, 3.63) is 29.7 Å². The van der Waals surface area contributed by atoms with E-state index in [2.05, 4.69) is 5.32 Å². The summed E-state index contributed by atoms with van der Waals surface area (Å²) in [5.41, 5.74) is -0.0176. The van der Waals surface area contributed by atoms with Gasteiger partial charge in [-0.1, -0.05) is 6.92 Å². The molecule has 1 heterocycles. The number of amides is 1. The summed E-state index contributed by atoms with van der Waals surface area (Å²) < 4.78 is 5.03. The average molecular weight is 248 g/mol. The van der Waals surface area contributed by atoms with Gasteiger partial charge in [0.25, 0.3) is 5.91 Å². The van der Waals surface area contributed by atoms with Gasteiger partial charge >= 0.3 is 0 Å². The first-order valence-corrected chi connectivity index (χ1v) is 5.79. The quantitative estimate of drug-likeness (QED) is 0.589. The lowest BCUT2D eigenvalue weighted by molar-refractivity contribution is -0.117. The molecular weight excluding hydrogens is 232 g/mol. The molecule has 1 rings (SSSR count). The van der Waals surface area contributed by atoms with Crippen LogP contribution in [0, 0.1) is 11.3 Å². The lowest BCUT2D eigenvalue weighted by atomic mass is 10.2. The number of hydrogen-bond acceptors (Lipinski definition) is 4. The number of nitrogens with one attached hydrogen (secondary N) is 1. The fourth-order valence-corrected chi connectivity index (χ4v) is 1.32. The molecule has 1 atom stereocenters. The molecule has 5 heteroatoms. The van der Waals surface area contributed by atoms with Crippen LogP contribution in [0.2, 0.25) is 0 Å². The molecule has 0 aromatic carbocycles. The summed E-state index contributed by atoms with van der Waals surface area (Å²) in [5.74, 6) is -0.00695. The van der Waals surface area contributed by atoms with Gasteiger partial charge in [-0.05, 0) is 25.0 Å². The molecule has 5 nitrogen and oxygen atoms in total. The largest absolute Gasteiger partial charge is 0.465 e. The summed E-state index contributed by atoms with van der Waals surface area (Å²) in [4.78, 5) is 11.6. The lowest BCUT2D eigenvalue weighted by Gasteiger charge is -2.08. The first-order valence-electron chi connectivity index (χ1n) is 5.79. The minimum atomic E-state index is -0.461. The molecule has 1 aromatic heterocycles. The average Bonchev–Trinajstić information content (AvgIpc) is 2.88. The third-order valence-corrected chi connectivity index (χ3v) is 2.43. The molecule has 0 aliphatic rings. The SMILES string of the molecule is CCC(O)CCNC(=O)/C(C#N)=C/c1ccco1. The standard InChI is InChI=1S/C13H16N2O3/c1-2-11(16)5-6-15-13(17)10(9-14)8-12-4-3-7-18-12/h3-4,7-8,11,16H,2,5-6H2,1H3,(H,15,17)/b10-8+. The highest BCUT2D eigenvalue weighted by atomic mass is 16.3. The van der Waals surface area contributed by atoms with Crippen molar-refractivity contribution < 1.29 is 14.3 Å². The van der Waals surface area contributed by atoms with E-state index in [0.29, 0.717) is 25.1 Å². The van der Waals surface area contributed by atoms with Crippen molar-refractivity contribution in [2.45, 2.75) is 25.9 Å². The van der Waals surface area contributed by atoms with Gasteiger partial charge in [0.05, 0.1) is 12.4 Å². The van der Waals surface area contributed by atoms with Crippen LogP contribution in [0.3, 0.4) is 0 Å². The Hall–Kier alpha value is -2.06. The molecule has 0 saturated carbocycles. The maximum Gasteiger partial charge on any atom is 0.262 e. The number of hydrogen-bond donors (Lipinski definition) is 2. The van der Waals surface area contributed by atoms with Crippen molar-refractivity contribution >= 4 is 12.0 Å². The van der Waals surface area contributed by atoms with E-state index in [-0.39, 0.29) is 5.57 Å². The third-order valence-electron chi connectivity index (χ3n) is 2.43. The maximum atomic E-state index is 11.6. The highest BCUT2D eigenvalue weighted by Crippen LogP contribution is 2.07. The van der Waals surface area contributed by atoms with E-state index in [0.717, 1.165) is 0 Å². The number of furan rings is 1. The number of rotatable bonds is 6. The molecule has 0 spiro atoms. The van der Waals surface area contributed by atoms with Crippen LogP contribution in [0.1, 0.15) is 25.5 Å². The van der Waals surface area contributed by atoms with Crippen molar-refractivity contribution in [3.63, 3.8) is 0 Å². The van der Waals surface area contributed by atoms with Crippen molar-refractivity contribution in [3.8, 4) is 6.07 Å². The normalized spacial score (nSPS) is 12.8. The van der Waals surface area contributed by atoms with Crippen molar-refractivity contribution in [2.75, 3.05) is 6.54 Å². The topological polar surface area (TPSA) is 86.3 Å². The number of nitriles is 1. The highest BCUT2D eigenvalue weighted by molar-refractivity contribution is 6.01. The van der Waals surface area contributed by atoms with Gasteiger partial charge in [-0.15, -0.1) is 0 Å². The van der Waals surface area contributed by atoms with Gasteiger partial charge in [-0.3, -0.25) is 4.79 Å². The fourth-order valence-electron chi connectivity index (χ4n) is 1.32. The molecule has 96 valence electrons. The molecule has 1 unspecified atom stereocenters. The fraction of sp³-hybridized carbons (Fsp3) is 0.385. The number of nitrogens with zero attached hydrogens (tertiary/aromatic N) is 1. The number of aliphatic hydroxyl groups excluding tert-OH is 1. The van der Waals surface area contributed by atoms with E-state index in [4.69, 9.17) is 9.68 Å². The first kappa shape index (κ1) is 14.0. The molecule has 0 saturated heterocycles. The van der Waals surface area contributed by atoms with E-state index >= 15 is 0 Å². The van der Waals surface area contributed by atoms with E-state index in [1.54, 1.807) is 12.1 Å². The molecular formula is C13H16N2O3. The van der Waals surface area contributed by atoms with Crippen LogP contribution >= 0.6 is 0 Å². The predicted molar refractivity (Wildman–Crippen MR) is 66.2 cm³/mol. The van der Waals surface area contributed by atoms with Crippen molar-refractivity contribution in [1.82, 2.24) is 5.32 Å². The summed E-state index contributed by atoms with van der Waals surface area (Å²) >= 11 is 0. The molecule has 2 N–H and O–H groups in total. The minimum absolute atomic E-state index is 0.0176. The Morgan fingerprint density at radius 2 is 2.50 bits per heavy atom. The lowest BCUT2D eigenvalue weighted by Crippen LogP contribution is -2.27. The zero-order valence-electron chi connectivity index (χ0n) is 10.2. The molecule has 1 aromatic rings. The summed E-state index contributed by atoms with van der Waals surface area (Å²) in [7, 11) is 0. The second-order valence-corrected chi connectivity index (χ2v) is 3.79. The Labute approximate surface area is 106 Å². The predicted octanol–water partition coefficient (Wildman–Crippen LogP) is 1.46. The van der Waals surface area contributed by atoms with Crippen molar-refractivity contribution in [2.24, 2.45) is 0 Å². The molecule has 0 aliphatic heterocycles.